The predicted molar refractivity (Wildman–Crippen MR) is 79.2 cm³/mol. The van der Waals surface area contributed by atoms with E-state index in [2.05, 4.69) is 19.7 Å². The molecule has 0 amide bonds. The molecule has 0 bridgehead atoms. The minimum atomic E-state index is -0.403. The standard InChI is InChI=1S/C15H18N2O2/c1-4-7-11-12(8-5-2)14(16)10-15(17(18)19)13(11)9-6-3/h4-6,10H,1-3,7-9,16H2. The van der Waals surface area contributed by atoms with Crippen LogP contribution in [0.2, 0.25) is 0 Å². The van der Waals surface area contributed by atoms with Crippen LogP contribution in [0.4, 0.5) is 11.4 Å². The van der Waals surface area contributed by atoms with E-state index in [4.69, 9.17) is 5.73 Å². The third-order valence-electron chi connectivity index (χ3n) is 2.92. The molecule has 0 aliphatic carbocycles. The molecule has 4 nitrogen and oxygen atoms in total. The Labute approximate surface area is 113 Å². The maximum atomic E-state index is 11.1. The van der Waals surface area contributed by atoms with Gasteiger partial charge in [0.15, 0.2) is 0 Å². The van der Waals surface area contributed by atoms with Crippen LogP contribution >= 0.6 is 0 Å². The molecule has 0 aliphatic heterocycles. The van der Waals surface area contributed by atoms with Gasteiger partial charge in [-0.2, -0.15) is 0 Å². The second-order valence-corrected chi connectivity index (χ2v) is 4.16. The lowest BCUT2D eigenvalue weighted by molar-refractivity contribution is -0.385. The molecule has 1 aromatic carbocycles. The first-order valence-corrected chi connectivity index (χ1v) is 5.96. The molecular weight excluding hydrogens is 240 g/mol. The average Bonchev–Trinajstić information content (AvgIpc) is 2.36. The van der Waals surface area contributed by atoms with Crippen molar-refractivity contribution in [3.63, 3.8) is 0 Å². The summed E-state index contributed by atoms with van der Waals surface area (Å²) in [4.78, 5) is 10.7. The van der Waals surface area contributed by atoms with Gasteiger partial charge in [0, 0.05) is 17.3 Å². The van der Waals surface area contributed by atoms with E-state index in [0.717, 1.165) is 11.1 Å². The van der Waals surface area contributed by atoms with Crippen molar-refractivity contribution in [3.05, 3.63) is 70.8 Å². The van der Waals surface area contributed by atoms with E-state index in [-0.39, 0.29) is 5.69 Å². The molecular formula is C15H18N2O2. The van der Waals surface area contributed by atoms with Gasteiger partial charge in [0.2, 0.25) is 0 Å². The highest BCUT2D eigenvalue weighted by molar-refractivity contribution is 5.64. The fraction of sp³-hybridized carbons (Fsp3) is 0.200. The zero-order chi connectivity index (χ0) is 14.4. The summed E-state index contributed by atoms with van der Waals surface area (Å²) in [5, 5.41) is 11.1. The number of hydrogen-bond donors (Lipinski definition) is 1. The number of rotatable bonds is 7. The van der Waals surface area contributed by atoms with Crippen molar-refractivity contribution in [2.24, 2.45) is 0 Å². The van der Waals surface area contributed by atoms with Gasteiger partial charge in [-0.1, -0.05) is 18.2 Å². The summed E-state index contributed by atoms with van der Waals surface area (Å²) in [7, 11) is 0. The van der Waals surface area contributed by atoms with Crippen LogP contribution in [0.3, 0.4) is 0 Å². The largest absolute Gasteiger partial charge is 0.398 e. The Morgan fingerprint density at radius 2 is 1.53 bits per heavy atom. The van der Waals surface area contributed by atoms with Crippen LogP contribution in [0.1, 0.15) is 16.7 Å². The van der Waals surface area contributed by atoms with E-state index in [9.17, 15) is 10.1 Å². The molecule has 4 heteroatoms. The SMILES string of the molecule is C=CCc1c(N)cc([N+](=O)[O-])c(CC=C)c1CC=C. The molecule has 0 unspecified atom stereocenters. The average molecular weight is 258 g/mol. The lowest BCUT2D eigenvalue weighted by atomic mass is 9.91. The Morgan fingerprint density at radius 1 is 1.05 bits per heavy atom. The molecule has 19 heavy (non-hydrogen) atoms. The molecule has 0 spiro atoms. The summed E-state index contributed by atoms with van der Waals surface area (Å²) >= 11 is 0. The smallest absolute Gasteiger partial charge is 0.275 e. The van der Waals surface area contributed by atoms with Crippen molar-refractivity contribution in [1.29, 1.82) is 0 Å². The number of nitrogen functional groups attached to an aromatic ring is 1. The Balaban J connectivity index is 3.62. The molecule has 1 rings (SSSR count). The maximum Gasteiger partial charge on any atom is 0.275 e. The maximum absolute atomic E-state index is 11.1. The van der Waals surface area contributed by atoms with Gasteiger partial charge in [-0.25, -0.2) is 0 Å². The van der Waals surface area contributed by atoms with E-state index in [0.29, 0.717) is 30.5 Å². The Kier molecular flexibility index (Phi) is 5.06. The second-order valence-electron chi connectivity index (χ2n) is 4.16. The molecule has 100 valence electrons. The molecule has 0 aliphatic rings. The third kappa shape index (κ3) is 3.10. The topological polar surface area (TPSA) is 69.2 Å². The summed E-state index contributed by atoms with van der Waals surface area (Å²) in [5.41, 5.74) is 8.81. The monoisotopic (exact) mass is 258 g/mol. The summed E-state index contributed by atoms with van der Waals surface area (Å²) in [6, 6.07) is 1.42. The number of nitro benzene ring substituents is 1. The quantitative estimate of drug-likeness (QED) is 0.353. The van der Waals surface area contributed by atoms with E-state index >= 15 is 0 Å². The summed E-state index contributed by atoms with van der Waals surface area (Å²) in [5.74, 6) is 0. The highest BCUT2D eigenvalue weighted by Gasteiger charge is 2.21. The zero-order valence-electron chi connectivity index (χ0n) is 10.9. The number of anilines is 1. The minimum Gasteiger partial charge on any atom is -0.398 e. The van der Waals surface area contributed by atoms with Gasteiger partial charge in [0.05, 0.1) is 4.92 Å². The summed E-state index contributed by atoms with van der Waals surface area (Å²) in [6.45, 7) is 11.1. The molecule has 0 saturated carbocycles. The summed E-state index contributed by atoms with van der Waals surface area (Å²) < 4.78 is 0. The molecule has 0 heterocycles. The fourth-order valence-corrected chi connectivity index (χ4v) is 2.14. The third-order valence-corrected chi connectivity index (χ3v) is 2.92. The lowest BCUT2D eigenvalue weighted by Crippen LogP contribution is -2.07. The summed E-state index contributed by atoms with van der Waals surface area (Å²) in [6.07, 6.45) is 6.67. The number of nitrogens with zero attached hydrogens (tertiary/aromatic N) is 1. The van der Waals surface area contributed by atoms with Gasteiger partial charge in [-0.05, 0) is 30.4 Å². The van der Waals surface area contributed by atoms with Crippen molar-refractivity contribution < 1.29 is 4.92 Å². The van der Waals surface area contributed by atoms with E-state index in [1.165, 1.54) is 6.07 Å². The Hall–Kier alpha value is -2.36. The zero-order valence-corrected chi connectivity index (χ0v) is 10.9. The van der Waals surface area contributed by atoms with E-state index < -0.39 is 4.92 Å². The molecule has 1 aromatic rings. The fourth-order valence-electron chi connectivity index (χ4n) is 2.14. The van der Waals surface area contributed by atoms with Gasteiger partial charge in [0.25, 0.3) is 5.69 Å². The van der Waals surface area contributed by atoms with Gasteiger partial charge < -0.3 is 5.73 Å². The highest BCUT2D eigenvalue weighted by Crippen LogP contribution is 2.32. The molecule has 2 N–H and O–H groups in total. The normalized spacial score (nSPS) is 9.89. The minimum absolute atomic E-state index is 0.0436. The number of benzene rings is 1. The van der Waals surface area contributed by atoms with Crippen molar-refractivity contribution in [1.82, 2.24) is 0 Å². The number of allylic oxidation sites excluding steroid dienone is 3. The van der Waals surface area contributed by atoms with Crippen molar-refractivity contribution in [3.8, 4) is 0 Å². The first-order chi connectivity index (χ1) is 9.06. The van der Waals surface area contributed by atoms with Crippen LogP contribution in [0, 0.1) is 10.1 Å². The number of hydrogen-bond acceptors (Lipinski definition) is 3. The first-order valence-electron chi connectivity index (χ1n) is 5.96. The van der Waals surface area contributed by atoms with Gasteiger partial charge in [0.1, 0.15) is 0 Å². The van der Waals surface area contributed by atoms with Gasteiger partial charge >= 0.3 is 0 Å². The van der Waals surface area contributed by atoms with Crippen LogP contribution < -0.4 is 5.73 Å². The predicted octanol–water partition coefficient (Wildman–Crippen LogP) is 3.36. The van der Waals surface area contributed by atoms with Crippen molar-refractivity contribution in [2.75, 3.05) is 5.73 Å². The Morgan fingerprint density at radius 3 is 2.00 bits per heavy atom. The van der Waals surface area contributed by atoms with Gasteiger partial charge in [-0.15, -0.1) is 19.7 Å². The molecule has 0 radical (unpaired) electrons. The second kappa shape index (κ2) is 6.54. The van der Waals surface area contributed by atoms with Crippen LogP contribution in [0.5, 0.6) is 0 Å². The van der Waals surface area contributed by atoms with E-state index in [1.54, 1.807) is 18.2 Å². The highest BCUT2D eigenvalue weighted by atomic mass is 16.6. The van der Waals surface area contributed by atoms with Crippen LogP contribution in [-0.2, 0) is 19.3 Å². The number of nitro groups is 1. The van der Waals surface area contributed by atoms with E-state index in [1.807, 2.05) is 0 Å². The van der Waals surface area contributed by atoms with Crippen LogP contribution in [-0.4, -0.2) is 4.92 Å². The number of nitrogens with two attached hydrogens (primary N) is 1. The molecule has 0 aromatic heterocycles. The van der Waals surface area contributed by atoms with Crippen molar-refractivity contribution >= 4 is 11.4 Å². The molecule has 0 fully saturated rings. The van der Waals surface area contributed by atoms with Crippen molar-refractivity contribution in [2.45, 2.75) is 19.3 Å². The molecule has 0 saturated heterocycles. The first kappa shape index (κ1) is 14.7. The van der Waals surface area contributed by atoms with Crippen LogP contribution in [0.15, 0.2) is 44.0 Å². The molecule has 0 atom stereocenters. The van der Waals surface area contributed by atoms with Crippen LogP contribution in [0.25, 0.3) is 0 Å². The van der Waals surface area contributed by atoms with Gasteiger partial charge in [-0.3, -0.25) is 10.1 Å². The Bertz CT molecular complexity index is 533. The lowest BCUT2D eigenvalue weighted by Gasteiger charge is -2.15.